The van der Waals surface area contributed by atoms with Gasteiger partial charge >= 0.3 is 0 Å². The Labute approximate surface area is 106 Å². The predicted molar refractivity (Wildman–Crippen MR) is 68.5 cm³/mol. The zero-order valence-electron chi connectivity index (χ0n) is 10.7. The second-order valence-electron chi connectivity index (χ2n) is 4.32. The Morgan fingerprint density at radius 3 is 2.89 bits per heavy atom. The van der Waals surface area contributed by atoms with Gasteiger partial charge in [0.05, 0.1) is 17.9 Å². The monoisotopic (exact) mass is 246 g/mol. The van der Waals surface area contributed by atoms with Crippen LogP contribution in [0.25, 0.3) is 0 Å². The number of nitrogens with zero attached hydrogens (tertiary/aromatic N) is 5. The third kappa shape index (κ3) is 2.91. The van der Waals surface area contributed by atoms with Crippen LogP contribution in [0.4, 0.5) is 0 Å². The molecule has 0 spiro atoms. The van der Waals surface area contributed by atoms with E-state index in [0.29, 0.717) is 6.54 Å². The van der Waals surface area contributed by atoms with Gasteiger partial charge in [-0.3, -0.25) is 9.58 Å². The van der Waals surface area contributed by atoms with E-state index in [-0.39, 0.29) is 6.04 Å². The number of hydrogen-bond donors (Lipinski definition) is 1. The van der Waals surface area contributed by atoms with Gasteiger partial charge in [-0.25, -0.2) is 9.97 Å². The van der Waals surface area contributed by atoms with Crippen molar-refractivity contribution in [3.8, 4) is 0 Å². The quantitative estimate of drug-likeness (QED) is 0.823. The summed E-state index contributed by atoms with van der Waals surface area (Å²) in [6.07, 6.45) is 7.16. The second-order valence-corrected chi connectivity index (χ2v) is 4.32. The molecule has 0 aliphatic carbocycles. The Balaban J connectivity index is 2.08. The molecule has 0 saturated carbocycles. The van der Waals surface area contributed by atoms with E-state index in [4.69, 9.17) is 5.73 Å². The van der Waals surface area contributed by atoms with Gasteiger partial charge in [-0.15, -0.1) is 0 Å². The van der Waals surface area contributed by atoms with Gasteiger partial charge in [0.2, 0.25) is 0 Å². The summed E-state index contributed by atoms with van der Waals surface area (Å²) in [4.78, 5) is 10.4. The van der Waals surface area contributed by atoms with Gasteiger partial charge in [0.15, 0.2) is 0 Å². The first-order valence-electron chi connectivity index (χ1n) is 5.84. The van der Waals surface area contributed by atoms with Crippen molar-refractivity contribution in [2.24, 2.45) is 12.8 Å². The van der Waals surface area contributed by atoms with Crippen molar-refractivity contribution in [1.29, 1.82) is 0 Å². The van der Waals surface area contributed by atoms with Crippen molar-refractivity contribution < 1.29 is 0 Å². The number of rotatable bonds is 5. The van der Waals surface area contributed by atoms with Gasteiger partial charge in [-0.05, 0) is 13.1 Å². The lowest BCUT2D eigenvalue weighted by atomic mass is 10.1. The zero-order valence-corrected chi connectivity index (χ0v) is 10.7. The van der Waals surface area contributed by atoms with Crippen LogP contribution in [-0.2, 0) is 13.6 Å². The molecule has 0 amide bonds. The third-order valence-corrected chi connectivity index (χ3v) is 2.89. The molecule has 2 heterocycles. The first kappa shape index (κ1) is 12.7. The molecule has 1 unspecified atom stereocenters. The average molecular weight is 246 g/mol. The lowest BCUT2D eigenvalue weighted by molar-refractivity contribution is 0.237. The van der Waals surface area contributed by atoms with E-state index in [9.17, 15) is 0 Å². The van der Waals surface area contributed by atoms with Gasteiger partial charge in [-0.1, -0.05) is 0 Å². The topological polar surface area (TPSA) is 72.9 Å². The Morgan fingerprint density at radius 2 is 2.33 bits per heavy atom. The van der Waals surface area contributed by atoms with E-state index in [2.05, 4.69) is 20.0 Å². The highest BCUT2D eigenvalue weighted by molar-refractivity contribution is 5.08. The van der Waals surface area contributed by atoms with Crippen molar-refractivity contribution in [1.82, 2.24) is 24.6 Å². The molecule has 2 aromatic rings. The van der Waals surface area contributed by atoms with E-state index in [0.717, 1.165) is 17.8 Å². The summed E-state index contributed by atoms with van der Waals surface area (Å²) in [6.45, 7) is 1.31. The Bertz CT molecular complexity index is 480. The van der Waals surface area contributed by atoms with E-state index >= 15 is 0 Å². The van der Waals surface area contributed by atoms with Crippen LogP contribution in [0.1, 0.15) is 17.3 Å². The van der Waals surface area contributed by atoms with Crippen LogP contribution in [0.5, 0.6) is 0 Å². The molecule has 0 radical (unpaired) electrons. The second kappa shape index (κ2) is 5.70. The van der Waals surface area contributed by atoms with Crippen LogP contribution in [0.15, 0.2) is 31.0 Å². The van der Waals surface area contributed by atoms with E-state index in [1.807, 2.05) is 32.6 Å². The Morgan fingerprint density at radius 1 is 1.50 bits per heavy atom. The van der Waals surface area contributed by atoms with E-state index < -0.39 is 0 Å². The summed E-state index contributed by atoms with van der Waals surface area (Å²) >= 11 is 0. The molecule has 0 fully saturated rings. The number of aryl methyl sites for hydroxylation is 1. The molecule has 0 saturated heterocycles. The SMILES string of the molecule is CN(Cc1cnn(C)c1)C(CN)c1ccncn1. The molecule has 1 atom stereocenters. The number of hydrogen-bond acceptors (Lipinski definition) is 5. The minimum atomic E-state index is 0.0909. The average Bonchev–Trinajstić information content (AvgIpc) is 2.77. The first-order chi connectivity index (χ1) is 8.70. The summed E-state index contributed by atoms with van der Waals surface area (Å²) in [5.74, 6) is 0. The maximum absolute atomic E-state index is 5.84. The van der Waals surface area contributed by atoms with E-state index in [1.165, 1.54) is 0 Å². The normalized spacial score (nSPS) is 12.9. The highest BCUT2D eigenvalue weighted by Gasteiger charge is 2.17. The highest BCUT2D eigenvalue weighted by Crippen LogP contribution is 2.17. The zero-order chi connectivity index (χ0) is 13.0. The fraction of sp³-hybridized carbons (Fsp3) is 0.417. The van der Waals surface area contributed by atoms with Crippen molar-refractivity contribution in [3.63, 3.8) is 0 Å². The van der Waals surface area contributed by atoms with Crippen molar-refractivity contribution >= 4 is 0 Å². The largest absolute Gasteiger partial charge is 0.329 e. The third-order valence-electron chi connectivity index (χ3n) is 2.89. The summed E-state index contributed by atoms with van der Waals surface area (Å²) in [5, 5.41) is 4.16. The molecule has 0 aromatic carbocycles. The molecule has 6 heteroatoms. The molecule has 2 rings (SSSR count). The van der Waals surface area contributed by atoms with Crippen molar-refractivity contribution in [2.75, 3.05) is 13.6 Å². The molecule has 2 N–H and O–H groups in total. The fourth-order valence-electron chi connectivity index (χ4n) is 1.98. The molecule has 0 bridgehead atoms. The Hall–Kier alpha value is -1.79. The summed E-state index contributed by atoms with van der Waals surface area (Å²) < 4.78 is 1.80. The summed E-state index contributed by atoms with van der Waals surface area (Å²) in [6, 6.07) is 1.99. The fourth-order valence-corrected chi connectivity index (χ4v) is 1.98. The van der Waals surface area contributed by atoms with Gasteiger partial charge in [0.1, 0.15) is 6.33 Å². The first-order valence-corrected chi connectivity index (χ1v) is 5.84. The van der Waals surface area contributed by atoms with Crippen molar-refractivity contribution in [2.45, 2.75) is 12.6 Å². The van der Waals surface area contributed by atoms with Crippen LogP contribution in [0, 0.1) is 0 Å². The number of nitrogens with two attached hydrogens (primary N) is 1. The van der Waals surface area contributed by atoms with Crippen LogP contribution in [0.2, 0.25) is 0 Å². The summed E-state index contributed by atoms with van der Waals surface area (Å²) in [7, 11) is 3.95. The van der Waals surface area contributed by atoms with Crippen LogP contribution in [0.3, 0.4) is 0 Å². The molecule has 0 aliphatic heterocycles. The molecule has 96 valence electrons. The number of aromatic nitrogens is 4. The maximum atomic E-state index is 5.84. The van der Waals surface area contributed by atoms with E-state index in [1.54, 1.807) is 17.2 Å². The molecule has 2 aromatic heterocycles. The summed E-state index contributed by atoms with van der Waals surface area (Å²) in [5.41, 5.74) is 7.94. The van der Waals surface area contributed by atoms with Gasteiger partial charge in [0, 0.05) is 38.1 Å². The lowest BCUT2D eigenvalue weighted by Gasteiger charge is -2.25. The maximum Gasteiger partial charge on any atom is 0.115 e. The van der Waals surface area contributed by atoms with Crippen LogP contribution >= 0.6 is 0 Å². The predicted octanol–water partition coefficient (Wildman–Crippen LogP) is 0.342. The lowest BCUT2D eigenvalue weighted by Crippen LogP contribution is -2.30. The van der Waals surface area contributed by atoms with Crippen molar-refractivity contribution in [3.05, 3.63) is 42.2 Å². The molecule has 0 aliphatic rings. The van der Waals surface area contributed by atoms with Crippen LogP contribution in [-0.4, -0.2) is 38.2 Å². The van der Waals surface area contributed by atoms with Gasteiger partial charge < -0.3 is 5.73 Å². The number of likely N-dealkylation sites (N-methyl/N-ethyl adjacent to an activating group) is 1. The van der Waals surface area contributed by atoms with Crippen LogP contribution < -0.4 is 5.73 Å². The standard InChI is InChI=1S/C12H18N6/c1-17(7-10-6-16-18(2)8-10)12(5-13)11-3-4-14-9-15-11/h3-4,6,8-9,12H,5,7,13H2,1-2H3. The molecule has 6 nitrogen and oxygen atoms in total. The minimum absolute atomic E-state index is 0.0909. The van der Waals surface area contributed by atoms with Gasteiger partial charge in [-0.2, -0.15) is 5.10 Å². The smallest absolute Gasteiger partial charge is 0.115 e. The molecule has 18 heavy (non-hydrogen) atoms. The van der Waals surface area contributed by atoms with Gasteiger partial charge in [0.25, 0.3) is 0 Å². The Kier molecular flexibility index (Phi) is 4.01. The molecular weight excluding hydrogens is 228 g/mol. The minimum Gasteiger partial charge on any atom is -0.329 e. The highest BCUT2D eigenvalue weighted by atomic mass is 15.2. The molecular formula is C12H18N6.